The Bertz CT molecular complexity index is 292. The average Bonchev–Trinajstić information content (AvgIpc) is 2.34. The standard InChI is InChI=1S/C7H12BN2O2/c1-4(2)8-5(3)6-9-10-7(11)12-6/h4-5H,1-3H3,(H,10,11). The lowest BCUT2D eigenvalue weighted by molar-refractivity contribution is 0.461. The summed E-state index contributed by atoms with van der Waals surface area (Å²) < 4.78 is 4.79. The largest absolute Gasteiger partial charge is 0.434 e. The number of aromatic amines is 1. The van der Waals surface area contributed by atoms with Gasteiger partial charge in [0, 0.05) is 5.82 Å². The van der Waals surface area contributed by atoms with Crippen molar-refractivity contribution in [1.82, 2.24) is 10.2 Å². The van der Waals surface area contributed by atoms with E-state index in [1.807, 2.05) is 6.92 Å². The zero-order valence-electron chi connectivity index (χ0n) is 7.50. The normalized spacial score (nSPS) is 13.3. The van der Waals surface area contributed by atoms with E-state index in [0.717, 1.165) is 0 Å². The van der Waals surface area contributed by atoms with Crippen molar-refractivity contribution < 1.29 is 4.42 Å². The molecule has 0 bridgehead atoms. The molecular weight excluding hydrogens is 155 g/mol. The molecule has 65 valence electrons. The molecule has 1 aromatic rings. The van der Waals surface area contributed by atoms with Crippen molar-refractivity contribution >= 4 is 7.28 Å². The Balaban J connectivity index is 2.65. The van der Waals surface area contributed by atoms with E-state index in [2.05, 4.69) is 31.3 Å². The third-order valence-corrected chi connectivity index (χ3v) is 1.52. The maximum Gasteiger partial charge on any atom is 0.434 e. The summed E-state index contributed by atoms with van der Waals surface area (Å²) in [5.41, 5.74) is 0. The lowest BCUT2D eigenvalue weighted by Crippen LogP contribution is -2.07. The Kier molecular flexibility index (Phi) is 2.73. The molecule has 0 aromatic carbocycles. The molecule has 0 amide bonds. The number of aromatic nitrogens is 2. The summed E-state index contributed by atoms with van der Waals surface area (Å²) in [5, 5.41) is 5.96. The van der Waals surface area contributed by atoms with Gasteiger partial charge in [0.15, 0.2) is 0 Å². The smallest absolute Gasteiger partial charge is 0.393 e. The molecule has 0 aliphatic heterocycles. The minimum Gasteiger partial charge on any atom is -0.393 e. The van der Waals surface area contributed by atoms with Crippen LogP contribution in [-0.4, -0.2) is 17.5 Å². The minimum absolute atomic E-state index is 0.0870. The van der Waals surface area contributed by atoms with Gasteiger partial charge in [0.2, 0.25) is 5.89 Å². The van der Waals surface area contributed by atoms with E-state index in [1.54, 1.807) is 0 Å². The lowest BCUT2D eigenvalue weighted by atomic mass is 9.57. The summed E-state index contributed by atoms with van der Waals surface area (Å²) in [6, 6.07) is 0. The van der Waals surface area contributed by atoms with Crippen LogP contribution in [0.4, 0.5) is 0 Å². The fourth-order valence-electron chi connectivity index (χ4n) is 1.10. The Morgan fingerprint density at radius 3 is 2.58 bits per heavy atom. The number of rotatable bonds is 3. The number of hydrogen-bond acceptors (Lipinski definition) is 3. The molecule has 1 aromatic heterocycles. The van der Waals surface area contributed by atoms with Gasteiger partial charge in [-0.25, -0.2) is 9.89 Å². The quantitative estimate of drug-likeness (QED) is 0.681. The van der Waals surface area contributed by atoms with Gasteiger partial charge >= 0.3 is 5.76 Å². The van der Waals surface area contributed by atoms with Gasteiger partial charge in [0.25, 0.3) is 0 Å². The van der Waals surface area contributed by atoms with Crippen molar-refractivity contribution in [1.29, 1.82) is 0 Å². The summed E-state index contributed by atoms with van der Waals surface area (Å²) in [6.07, 6.45) is 0. The molecule has 0 saturated carbocycles. The van der Waals surface area contributed by atoms with Crippen LogP contribution >= 0.6 is 0 Å². The Hall–Kier alpha value is -0.995. The molecule has 0 fully saturated rings. The molecule has 0 saturated heterocycles. The monoisotopic (exact) mass is 167 g/mol. The molecule has 1 radical (unpaired) electrons. The molecule has 1 heterocycles. The predicted molar refractivity (Wildman–Crippen MR) is 46.4 cm³/mol. The molecule has 0 spiro atoms. The van der Waals surface area contributed by atoms with Crippen LogP contribution in [0.2, 0.25) is 5.82 Å². The van der Waals surface area contributed by atoms with E-state index in [0.29, 0.717) is 11.7 Å². The highest BCUT2D eigenvalue weighted by atomic mass is 16.4. The number of H-pyrrole nitrogens is 1. The first kappa shape index (κ1) is 9.10. The maximum absolute atomic E-state index is 10.6. The fourth-order valence-corrected chi connectivity index (χ4v) is 1.10. The SMILES string of the molecule is CC(C)[B]C(C)c1n[nH]c(=O)o1. The van der Waals surface area contributed by atoms with Gasteiger partial charge in [-0.15, -0.1) is 5.10 Å². The van der Waals surface area contributed by atoms with Gasteiger partial charge in [-0.1, -0.05) is 26.6 Å². The summed E-state index contributed by atoms with van der Waals surface area (Å²) in [6.45, 7) is 6.08. The van der Waals surface area contributed by atoms with Crippen molar-refractivity contribution in [3.63, 3.8) is 0 Å². The predicted octanol–water partition coefficient (Wildman–Crippen LogP) is 0.956. The molecule has 1 rings (SSSR count). The second-order valence-corrected chi connectivity index (χ2v) is 3.18. The Morgan fingerprint density at radius 1 is 1.50 bits per heavy atom. The van der Waals surface area contributed by atoms with Gasteiger partial charge < -0.3 is 4.42 Å². The molecule has 12 heavy (non-hydrogen) atoms. The summed E-state index contributed by atoms with van der Waals surface area (Å²) in [7, 11) is 2.07. The molecule has 1 N–H and O–H groups in total. The average molecular weight is 167 g/mol. The molecule has 4 nitrogen and oxygen atoms in total. The van der Waals surface area contributed by atoms with Crippen LogP contribution < -0.4 is 5.76 Å². The Labute approximate surface area is 71.6 Å². The highest BCUT2D eigenvalue weighted by Gasteiger charge is 2.14. The zero-order valence-corrected chi connectivity index (χ0v) is 7.50. The van der Waals surface area contributed by atoms with Crippen LogP contribution in [0, 0.1) is 0 Å². The maximum atomic E-state index is 10.6. The first-order valence-electron chi connectivity index (χ1n) is 4.00. The highest BCUT2D eigenvalue weighted by molar-refractivity contribution is 6.39. The molecule has 1 unspecified atom stereocenters. The zero-order chi connectivity index (χ0) is 9.14. The third-order valence-electron chi connectivity index (χ3n) is 1.52. The second-order valence-electron chi connectivity index (χ2n) is 3.18. The second kappa shape index (κ2) is 3.60. The van der Waals surface area contributed by atoms with Crippen molar-refractivity contribution in [2.75, 3.05) is 0 Å². The van der Waals surface area contributed by atoms with Gasteiger partial charge in [-0.2, -0.15) is 0 Å². The fraction of sp³-hybridized carbons (Fsp3) is 0.714. The molecule has 5 heteroatoms. The lowest BCUT2D eigenvalue weighted by Gasteiger charge is -2.06. The Morgan fingerprint density at radius 2 is 2.17 bits per heavy atom. The van der Waals surface area contributed by atoms with Crippen molar-refractivity contribution in [3.8, 4) is 0 Å². The summed E-state index contributed by atoms with van der Waals surface area (Å²) in [5.74, 6) is 0.508. The van der Waals surface area contributed by atoms with E-state index in [-0.39, 0.29) is 5.82 Å². The van der Waals surface area contributed by atoms with Gasteiger partial charge in [0.1, 0.15) is 7.28 Å². The van der Waals surface area contributed by atoms with Crippen LogP contribution in [0.15, 0.2) is 9.21 Å². The number of nitrogens with zero attached hydrogens (tertiary/aromatic N) is 1. The molecular formula is C7H12BN2O2. The van der Waals surface area contributed by atoms with Crippen molar-refractivity contribution in [3.05, 3.63) is 16.4 Å². The molecule has 0 aliphatic rings. The minimum atomic E-state index is -0.492. The first-order valence-corrected chi connectivity index (χ1v) is 4.00. The van der Waals surface area contributed by atoms with Crippen LogP contribution in [0.5, 0.6) is 0 Å². The van der Waals surface area contributed by atoms with Crippen molar-refractivity contribution in [2.45, 2.75) is 32.4 Å². The number of hydrogen-bond donors (Lipinski definition) is 1. The van der Waals surface area contributed by atoms with Crippen LogP contribution in [0.3, 0.4) is 0 Å². The van der Waals surface area contributed by atoms with Crippen LogP contribution in [0.25, 0.3) is 0 Å². The van der Waals surface area contributed by atoms with E-state index < -0.39 is 5.76 Å². The van der Waals surface area contributed by atoms with Crippen LogP contribution in [0.1, 0.15) is 32.5 Å². The molecule has 1 atom stereocenters. The van der Waals surface area contributed by atoms with Crippen molar-refractivity contribution in [2.24, 2.45) is 0 Å². The first-order chi connectivity index (χ1) is 5.59. The van der Waals surface area contributed by atoms with Gasteiger partial charge in [-0.3, -0.25) is 0 Å². The van der Waals surface area contributed by atoms with Crippen LogP contribution in [-0.2, 0) is 0 Å². The van der Waals surface area contributed by atoms with E-state index in [4.69, 9.17) is 4.42 Å². The van der Waals surface area contributed by atoms with E-state index in [9.17, 15) is 4.79 Å². The van der Waals surface area contributed by atoms with Gasteiger partial charge in [0.05, 0.1) is 0 Å². The topological polar surface area (TPSA) is 58.9 Å². The third kappa shape index (κ3) is 2.25. The number of nitrogens with one attached hydrogen (secondary N) is 1. The molecule has 0 aliphatic carbocycles. The summed E-state index contributed by atoms with van der Waals surface area (Å²) >= 11 is 0. The van der Waals surface area contributed by atoms with E-state index >= 15 is 0 Å². The highest BCUT2D eigenvalue weighted by Crippen LogP contribution is 2.14. The van der Waals surface area contributed by atoms with E-state index in [1.165, 1.54) is 0 Å². The van der Waals surface area contributed by atoms with Gasteiger partial charge in [-0.05, 0) is 0 Å². The summed E-state index contributed by atoms with van der Waals surface area (Å²) in [4.78, 5) is 10.6.